The Bertz CT molecular complexity index is 1200. The highest BCUT2D eigenvalue weighted by Crippen LogP contribution is 2.40. The number of ketones is 1. The Kier molecular flexibility index (Phi) is 6.86. The van der Waals surface area contributed by atoms with Gasteiger partial charge in [-0.15, -0.1) is 0 Å². The molecule has 35 heavy (non-hydrogen) atoms. The summed E-state index contributed by atoms with van der Waals surface area (Å²) in [6.07, 6.45) is 8.98. The normalized spacial score (nSPS) is 18.1. The van der Waals surface area contributed by atoms with E-state index in [4.69, 9.17) is 18.9 Å². The van der Waals surface area contributed by atoms with Gasteiger partial charge in [0.15, 0.2) is 5.78 Å². The lowest BCUT2D eigenvalue weighted by molar-refractivity contribution is -0.0502. The minimum atomic E-state index is -3.07. The fraction of sp³-hybridized carbons (Fsp3) is 0.462. The monoisotopic (exact) mass is 486 g/mol. The van der Waals surface area contributed by atoms with Crippen LogP contribution in [0.1, 0.15) is 48.9 Å². The number of aromatic nitrogens is 2. The van der Waals surface area contributed by atoms with Crippen LogP contribution in [0.5, 0.6) is 17.2 Å². The number of alkyl halides is 2. The van der Waals surface area contributed by atoms with Gasteiger partial charge in [-0.25, -0.2) is 4.98 Å². The van der Waals surface area contributed by atoms with Gasteiger partial charge >= 0.3 is 6.61 Å². The van der Waals surface area contributed by atoms with E-state index in [1.54, 1.807) is 18.5 Å². The van der Waals surface area contributed by atoms with E-state index in [0.29, 0.717) is 41.6 Å². The molecule has 2 aliphatic rings. The van der Waals surface area contributed by atoms with Crippen LogP contribution in [0, 0.1) is 5.92 Å². The lowest BCUT2D eigenvalue weighted by Gasteiger charge is -2.22. The summed E-state index contributed by atoms with van der Waals surface area (Å²) in [5, 5.41) is 0. The van der Waals surface area contributed by atoms with E-state index < -0.39 is 6.61 Å². The summed E-state index contributed by atoms with van der Waals surface area (Å²) < 4.78 is 50.1. The number of halogens is 2. The van der Waals surface area contributed by atoms with Crippen LogP contribution < -0.4 is 14.2 Å². The first kappa shape index (κ1) is 23.5. The Labute approximate surface area is 202 Å². The Hall–Kier alpha value is -3.20. The third-order valence-corrected chi connectivity index (χ3v) is 6.44. The molecular formula is C26H28F2N2O5. The number of ether oxygens (including phenoxy) is 4. The van der Waals surface area contributed by atoms with Gasteiger partial charge in [-0.3, -0.25) is 9.20 Å². The van der Waals surface area contributed by atoms with Crippen LogP contribution in [0.2, 0.25) is 0 Å². The zero-order valence-corrected chi connectivity index (χ0v) is 19.5. The molecule has 0 N–H and O–H groups in total. The van der Waals surface area contributed by atoms with Gasteiger partial charge in [0.1, 0.15) is 35.1 Å². The van der Waals surface area contributed by atoms with Crippen molar-refractivity contribution in [3.05, 3.63) is 42.2 Å². The Balaban J connectivity index is 1.44. The molecule has 1 unspecified atom stereocenters. The van der Waals surface area contributed by atoms with Crippen LogP contribution in [0.15, 0.2) is 36.7 Å². The molecule has 0 spiro atoms. The molecule has 2 aromatic heterocycles. The second kappa shape index (κ2) is 10.2. The first-order valence-electron chi connectivity index (χ1n) is 11.9. The second-order valence-electron chi connectivity index (χ2n) is 9.03. The number of pyridine rings is 1. The molecule has 1 aromatic carbocycles. The van der Waals surface area contributed by atoms with Crippen molar-refractivity contribution < 1.29 is 32.5 Å². The van der Waals surface area contributed by atoms with E-state index in [2.05, 4.69) is 4.98 Å². The van der Waals surface area contributed by atoms with Gasteiger partial charge in [-0.2, -0.15) is 8.78 Å². The number of carbonyl (C=O) groups excluding carboxylic acids is 1. The van der Waals surface area contributed by atoms with Gasteiger partial charge < -0.3 is 18.9 Å². The Morgan fingerprint density at radius 2 is 2.03 bits per heavy atom. The number of nitrogens with zero attached hydrogens (tertiary/aromatic N) is 2. The van der Waals surface area contributed by atoms with Gasteiger partial charge in [-0.1, -0.05) is 0 Å². The number of fused-ring (bicyclic) bond motifs is 1. The molecule has 0 amide bonds. The van der Waals surface area contributed by atoms with Gasteiger partial charge in [0.25, 0.3) is 0 Å². The minimum absolute atomic E-state index is 0.0536. The summed E-state index contributed by atoms with van der Waals surface area (Å²) in [6.45, 7) is -1.83. The molecule has 3 aromatic rings. The number of benzene rings is 1. The number of methoxy groups -OCH3 is 1. The van der Waals surface area contributed by atoms with Gasteiger partial charge in [0, 0.05) is 30.9 Å². The molecule has 1 saturated heterocycles. The molecule has 186 valence electrons. The van der Waals surface area contributed by atoms with E-state index in [1.807, 2.05) is 16.5 Å². The number of hydrogen-bond acceptors (Lipinski definition) is 6. The van der Waals surface area contributed by atoms with Crippen molar-refractivity contribution in [3.8, 4) is 28.5 Å². The highest BCUT2D eigenvalue weighted by Gasteiger charge is 2.30. The summed E-state index contributed by atoms with van der Waals surface area (Å²) in [4.78, 5) is 17.3. The molecule has 1 aliphatic heterocycles. The fourth-order valence-corrected chi connectivity index (χ4v) is 4.44. The lowest BCUT2D eigenvalue weighted by atomic mass is 10.00. The van der Waals surface area contributed by atoms with Gasteiger partial charge in [0.2, 0.25) is 0 Å². The third-order valence-electron chi connectivity index (χ3n) is 6.44. The first-order chi connectivity index (χ1) is 17.0. The van der Waals surface area contributed by atoms with Crippen molar-refractivity contribution in [1.82, 2.24) is 9.38 Å². The predicted molar refractivity (Wildman–Crippen MR) is 125 cm³/mol. The maximum absolute atomic E-state index is 13.2. The van der Waals surface area contributed by atoms with Crippen LogP contribution in [0.4, 0.5) is 8.78 Å². The minimum Gasteiger partial charge on any atom is -0.496 e. The fourth-order valence-electron chi connectivity index (χ4n) is 4.44. The van der Waals surface area contributed by atoms with E-state index in [9.17, 15) is 13.6 Å². The molecule has 9 heteroatoms. The van der Waals surface area contributed by atoms with Gasteiger partial charge in [0.05, 0.1) is 25.1 Å². The third kappa shape index (κ3) is 5.40. The molecule has 1 atom stereocenters. The van der Waals surface area contributed by atoms with Crippen molar-refractivity contribution in [3.63, 3.8) is 0 Å². The van der Waals surface area contributed by atoms with Crippen molar-refractivity contribution in [2.75, 3.05) is 20.3 Å². The molecule has 0 radical (unpaired) electrons. The zero-order chi connectivity index (χ0) is 24.4. The van der Waals surface area contributed by atoms with E-state index >= 15 is 0 Å². The van der Waals surface area contributed by atoms with Crippen LogP contribution in [-0.2, 0) is 4.74 Å². The first-order valence-corrected chi connectivity index (χ1v) is 11.9. The van der Waals surface area contributed by atoms with E-state index in [0.717, 1.165) is 38.7 Å². The SMILES string of the molecule is COc1cc(-c2cnc3cc(OCC4CCCCO4)ccn23)cc(OC(F)F)c1C(=O)CC1CC1. The number of hydrogen-bond donors (Lipinski definition) is 0. The van der Waals surface area contributed by atoms with Crippen molar-refractivity contribution >= 4 is 11.4 Å². The summed E-state index contributed by atoms with van der Waals surface area (Å²) >= 11 is 0. The standard InChI is InChI=1S/C26H28F2N2O5/c1-32-22-11-17(12-23(35-26(27)28)25(22)21(31)10-16-5-6-16)20-14-29-24-13-18(7-8-30(20)24)34-15-19-4-2-3-9-33-19/h7-8,11-14,16,19,26H,2-6,9-10,15H2,1H3. The van der Waals surface area contributed by atoms with Crippen LogP contribution >= 0.6 is 0 Å². The van der Waals surface area contributed by atoms with E-state index in [1.165, 1.54) is 13.2 Å². The topological polar surface area (TPSA) is 71.3 Å². The van der Waals surface area contributed by atoms with Crippen molar-refractivity contribution in [2.24, 2.45) is 5.92 Å². The Morgan fingerprint density at radius 3 is 2.74 bits per heavy atom. The summed E-state index contributed by atoms with van der Waals surface area (Å²) in [5.41, 5.74) is 1.86. The van der Waals surface area contributed by atoms with Crippen LogP contribution in [0.25, 0.3) is 16.9 Å². The van der Waals surface area contributed by atoms with Crippen molar-refractivity contribution in [2.45, 2.75) is 51.2 Å². The zero-order valence-electron chi connectivity index (χ0n) is 19.5. The largest absolute Gasteiger partial charge is 0.496 e. The molecule has 1 saturated carbocycles. The maximum Gasteiger partial charge on any atom is 0.387 e. The Morgan fingerprint density at radius 1 is 1.20 bits per heavy atom. The number of carbonyl (C=O) groups is 1. The molecular weight excluding hydrogens is 458 g/mol. The molecule has 3 heterocycles. The van der Waals surface area contributed by atoms with Crippen LogP contribution in [-0.4, -0.2) is 48.2 Å². The molecule has 0 bridgehead atoms. The molecule has 2 fully saturated rings. The molecule has 5 rings (SSSR count). The molecule has 1 aliphatic carbocycles. The lowest BCUT2D eigenvalue weighted by Crippen LogP contribution is -2.25. The predicted octanol–water partition coefficient (Wildman–Crippen LogP) is 5.54. The highest BCUT2D eigenvalue weighted by molar-refractivity contribution is 6.02. The number of rotatable bonds is 10. The smallest absolute Gasteiger partial charge is 0.387 e. The van der Waals surface area contributed by atoms with E-state index in [-0.39, 0.29) is 28.9 Å². The average molecular weight is 487 g/mol. The quantitative estimate of drug-likeness (QED) is 0.351. The van der Waals surface area contributed by atoms with Crippen molar-refractivity contribution in [1.29, 1.82) is 0 Å². The average Bonchev–Trinajstić information content (AvgIpc) is 3.57. The maximum atomic E-state index is 13.2. The van der Waals surface area contributed by atoms with Crippen LogP contribution in [0.3, 0.4) is 0 Å². The summed E-state index contributed by atoms with van der Waals surface area (Å²) in [5.74, 6) is 0.720. The summed E-state index contributed by atoms with van der Waals surface area (Å²) in [7, 11) is 1.41. The number of imidazole rings is 1. The second-order valence-corrected chi connectivity index (χ2v) is 9.03. The molecule has 7 nitrogen and oxygen atoms in total. The summed E-state index contributed by atoms with van der Waals surface area (Å²) in [6, 6.07) is 6.74. The number of Topliss-reactive ketones (excluding diaryl/α,β-unsaturated/α-hetero) is 1. The highest BCUT2D eigenvalue weighted by atomic mass is 19.3. The van der Waals surface area contributed by atoms with Gasteiger partial charge in [-0.05, 0) is 56.2 Å².